The van der Waals surface area contributed by atoms with Gasteiger partial charge in [-0.3, -0.25) is 4.90 Å². The molecule has 3 N–H and O–H groups in total. The zero-order valence-electron chi connectivity index (χ0n) is 23.7. The Kier molecular flexibility index (Phi) is 10.5. The lowest BCUT2D eigenvalue weighted by atomic mass is 10.0. The summed E-state index contributed by atoms with van der Waals surface area (Å²) in [4.78, 5) is 14.9. The molecule has 1 fully saturated rings. The summed E-state index contributed by atoms with van der Waals surface area (Å²) in [5, 5.41) is 13.0. The molecule has 3 atom stereocenters. The van der Waals surface area contributed by atoms with Crippen molar-refractivity contribution in [1.29, 1.82) is 0 Å². The number of rotatable bonds is 10. The number of unbranched alkanes of at least 4 members (excludes halogenated alkanes) is 1. The maximum absolute atomic E-state index is 12.6. The molecule has 2 aromatic rings. The summed E-state index contributed by atoms with van der Waals surface area (Å²) in [5.74, 6) is 0.517. The van der Waals surface area contributed by atoms with E-state index in [1.165, 1.54) is 12.1 Å². The van der Waals surface area contributed by atoms with E-state index in [-0.39, 0.29) is 30.1 Å². The van der Waals surface area contributed by atoms with Crippen LogP contribution in [0.25, 0.3) is 0 Å². The van der Waals surface area contributed by atoms with Gasteiger partial charge in [0.15, 0.2) is 0 Å². The highest BCUT2D eigenvalue weighted by atomic mass is 35.5. The first kappa shape index (κ1) is 31.8. The van der Waals surface area contributed by atoms with E-state index < -0.39 is 27.8 Å². The second kappa shape index (κ2) is 13.5. The molecule has 0 unspecified atom stereocenters. The number of carbonyl (C=O) groups is 1. The summed E-state index contributed by atoms with van der Waals surface area (Å²) < 4.78 is 39.8. The number of hydrogen-bond donors (Lipinski definition) is 3. The number of aliphatic hydroxyl groups excluding tert-OH is 1. The summed E-state index contributed by atoms with van der Waals surface area (Å²) in [7, 11) is -3.68. The highest BCUT2D eigenvalue weighted by Crippen LogP contribution is 2.43. The fourth-order valence-electron chi connectivity index (χ4n) is 5.35. The van der Waals surface area contributed by atoms with Crippen LogP contribution < -0.4 is 14.8 Å². The first-order valence-electron chi connectivity index (χ1n) is 13.9. The molecule has 4 rings (SSSR count). The Morgan fingerprint density at radius 1 is 1.15 bits per heavy atom. The number of likely N-dealkylation sites (tertiary alicyclic amines) is 1. The number of piperidine rings is 1. The van der Waals surface area contributed by atoms with Gasteiger partial charge in [0.2, 0.25) is 10.0 Å². The monoisotopic (exact) mass is 627 g/mol. The molecular weight excluding hydrogens is 589 g/mol. The summed E-state index contributed by atoms with van der Waals surface area (Å²) in [5.41, 5.74) is 1.29. The first-order valence-corrected chi connectivity index (χ1v) is 16.2. The minimum atomic E-state index is -3.68. The van der Waals surface area contributed by atoms with E-state index in [9.17, 15) is 13.2 Å². The van der Waals surface area contributed by atoms with Crippen molar-refractivity contribution in [3.8, 4) is 5.75 Å². The van der Waals surface area contributed by atoms with Gasteiger partial charge in [0, 0.05) is 41.3 Å². The predicted octanol–water partition coefficient (Wildman–Crippen LogP) is 5.08. The lowest BCUT2D eigenvalue weighted by Crippen LogP contribution is -2.53. The van der Waals surface area contributed by atoms with Crippen LogP contribution in [0.1, 0.15) is 63.7 Å². The second-order valence-electron chi connectivity index (χ2n) is 11.5. The normalized spacial score (nSPS) is 21.4. The van der Waals surface area contributed by atoms with Gasteiger partial charge < -0.3 is 19.9 Å². The van der Waals surface area contributed by atoms with Gasteiger partial charge in [0.05, 0.1) is 10.9 Å². The molecule has 1 saturated heterocycles. The van der Waals surface area contributed by atoms with E-state index >= 15 is 0 Å². The molecule has 0 spiro atoms. The molecule has 9 nitrogen and oxygen atoms in total. The summed E-state index contributed by atoms with van der Waals surface area (Å²) in [6.07, 6.45) is 2.64. The minimum Gasteiger partial charge on any atom is -0.484 e. The standard InChI is InChI=1S/C29H39Cl2N3O6S/c1-29(2,3)40-28(36)33-20-7-6-13-34(18-20)26-17-23-24(15-19(30)16-25(23)31)27(26)39-21-8-10-22(11-9-21)41(37,38)32-12-4-5-14-35/h8-11,15-16,20,26-27,32,35H,4-7,12-14,17-18H2,1-3H3,(H,33,36)/t20-,26+,27+/m1/s1. The summed E-state index contributed by atoms with van der Waals surface area (Å²) >= 11 is 13.0. The Hall–Kier alpha value is -2.08. The number of aliphatic hydroxyl groups is 1. The fourth-order valence-corrected chi connectivity index (χ4v) is 7.01. The molecule has 12 heteroatoms. The van der Waals surface area contributed by atoms with Crippen LogP contribution >= 0.6 is 23.2 Å². The van der Waals surface area contributed by atoms with Crippen molar-refractivity contribution in [1.82, 2.24) is 14.9 Å². The molecule has 0 bridgehead atoms. The number of sulfonamides is 1. The quantitative estimate of drug-likeness (QED) is 0.315. The first-order chi connectivity index (χ1) is 19.4. The van der Waals surface area contributed by atoms with Crippen LogP contribution in [0.15, 0.2) is 41.3 Å². The van der Waals surface area contributed by atoms with Gasteiger partial charge in [-0.1, -0.05) is 23.2 Å². The van der Waals surface area contributed by atoms with Crippen molar-refractivity contribution in [3.05, 3.63) is 57.6 Å². The lowest BCUT2D eigenvalue weighted by Gasteiger charge is -2.39. The van der Waals surface area contributed by atoms with E-state index in [0.29, 0.717) is 41.6 Å². The Balaban J connectivity index is 1.51. The largest absolute Gasteiger partial charge is 0.484 e. The van der Waals surface area contributed by atoms with Crippen LogP contribution in [0.3, 0.4) is 0 Å². The third-order valence-corrected chi connectivity index (χ3v) is 9.21. The van der Waals surface area contributed by atoms with Crippen LogP contribution in [0.4, 0.5) is 4.79 Å². The van der Waals surface area contributed by atoms with Crippen LogP contribution in [-0.4, -0.2) is 68.4 Å². The molecule has 1 aliphatic heterocycles. The molecular formula is C29H39Cl2N3O6S. The van der Waals surface area contributed by atoms with Gasteiger partial charge in [-0.15, -0.1) is 0 Å². The molecule has 1 heterocycles. The summed E-state index contributed by atoms with van der Waals surface area (Å²) in [6, 6.07) is 9.79. The third kappa shape index (κ3) is 8.49. The van der Waals surface area contributed by atoms with Crippen molar-refractivity contribution in [3.63, 3.8) is 0 Å². The smallest absolute Gasteiger partial charge is 0.407 e. The van der Waals surface area contributed by atoms with Crippen molar-refractivity contribution >= 4 is 39.3 Å². The molecule has 41 heavy (non-hydrogen) atoms. The Morgan fingerprint density at radius 2 is 1.88 bits per heavy atom. The number of fused-ring (bicyclic) bond motifs is 1. The van der Waals surface area contributed by atoms with Crippen molar-refractivity contribution in [2.75, 3.05) is 26.2 Å². The SMILES string of the molecule is CC(C)(C)OC(=O)N[C@@H]1CCCN([C@H]2Cc3c(Cl)cc(Cl)cc3[C@@H]2Oc2ccc(S(=O)(=O)NCCCCO)cc2)C1. The highest BCUT2D eigenvalue weighted by molar-refractivity contribution is 7.89. The van der Waals surface area contributed by atoms with E-state index in [2.05, 4.69) is 14.9 Å². The Bertz CT molecular complexity index is 1320. The van der Waals surface area contributed by atoms with Gasteiger partial charge in [0.25, 0.3) is 0 Å². The topological polar surface area (TPSA) is 117 Å². The minimum absolute atomic E-state index is 0.0216. The van der Waals surface area contributed by atoms with Crippen LogP contribution in [0.5, 0.6) is 5.75 Å². The highest BCUT2D eigenvalue weighted by Gasteiger charge is 2.41. The van der Waals surface area contributed by atoms with E-state index in [0.717, 1.165) is 30.5 Å². The lowest BCUT2D eigenvalue weighted by molar-refractivity contribution is 0.0362. The molecule has 0 aromatic heterocycles. The van der Waals surface area contributed by atoms with Crippen LogP contribution in [0.2, 0.25) is 10.0 Å². The Morgan fingerprint density at radius 3 is 2.56 bits per heavy atom. The third-order valence-electron chi connectivity index (χ3n) is 7.18. The number of halogens is 2. The number of hydrogen-bond acceptors (Lipinski definition) is 7. The molecule has 0 radical (unpaired) electrons. The number of ether oxygens (including phenoxy) is 2. The van der Waals surface area contributed by atoms with Gasteiger partial charge in [-0.25, -0.2) is 17.9 Å². The van der Waals surface area contributed by atoms with E-state index in [4.69, 9.17) is 37.8 Å². The molecule has 1 aliphatic carbocycles. The maximum atomic E-state index is 12.6. The van der Waals surface area contributed by atoms with E-state index in [1.54, 1.807) is 18.2 Å². The number of carbonyl (C=O) groups excluding carboxylic acids is 1. The fraction of sp³-hybridized carbons (Fsp3) is 0.552. The zero-order valence-corrected chi connectivity index (χ0v) is 26.0. The molecule has 2 aliphatic rings. The van der Waals surface area contributed by atoms with Crippen molar-refractivity contribution in [2.45, 2.75) is 81.6 Å². The van der Waals surface area contributed by atoms with Gasteiger partial charge in [-0.2, -0.15) is 0 Å². The molecule has 0 saturated carbocycles. The Labute approximate surface area is 252 Å². The maximum Gasteiger partial charge on any atom is 0.407 e. The number of nitrogens with zero attached hydrogens (tertiary/aromatic N) is 1. The zero-order chi connectivity index (χ0) is 29.8. The van der Waals surface area contributed by atoms with Gasteiger partial charge >= 0.3 is 6.09 Å². The average molecular weight is 629 g/mol. The number of benzene rings is 2. The van der Waals surface area contributed by atoms with Crippen LogP contribution in [-0.2, 0) is 21.2 Å². The summed E-state index contributed by atoms with van der Waals surface area (Å²) in [6.45, 7) is 7.24. The van der Waals surface area contributed by atoms with Crippen molar-refractivity contribution in [2.24, 2.45) is 0 Å². The molecule has 2 aromatic carbocycles. The number of alkyl carbamates (subject to hydrolysis) is 1. The van der Waals surface area contributed by atoms with E-state index in [1.807, 2.05) is 26.8 Å². The second-order valence-corrected chi connectivity index (χ2v) is 14.2. The average Bonchev–Trinajstić information content (AvgIpc) is 3.24. The van der Waals surface area contributed by atoms with Gasteiger partial charge in [0.1, 0.15) is 17.5 Å². The number of amides is 1. The van der Waals surface area contributed by atoms with Gasteiger partial charge in [-0.05, 0) is 101 Å². The van der Waals surface area contributed by atoms with Crippen LogP contribution in [0, 0.1) is 0 Å². The predicted molar refractivity (Wildman–Crippen MR) is 159 cm³/mol. The van der Waals surface area contributed by atoms with Crippen molar-refractivity contribution < 1.29 is 27.8 Å². The molecule has 226 valence electrons. The molecule has 1 amide bonds. The number of nitrogens with one attached hydrogen (secondary N) is 2.